The summed E-state index contributed by atoms with van der Waals surface area (Å²) in [6.45, 7) is 17.2. The van der Waals surface area contributed by atoms with Gasteiger partial charge in [0.25, 0.3) is 0 Å². The van der Waals surface area contributed by atoms with Gasteiger partial charge in [-0.3, -0.25) is 0 Å². The van der Waals surface area contributed by atoms with E-state index in [0.29, 0.717) is 6.42 Å². The first-order valence-corrected chi connectivity index (χ1v) is 5.88. The molecule has 0 aromatic heterocycles. The lowest BCUT2D eigenvalue weighted by Crippen LogP contribution is -1.96. The highest BCUT2D eigenvalue weighted by Gasteiger charge is 2.11. The summed E-state index contributed by atoms with van der Waals surface area (Å²) in [6.07, 6.45) is 3.91. The minimum Gasteiger partial charge on any atom is -0.207 e. The molecule has 0 aliphatic heterocycles. The molecule has 0 rings (SSSR count). The fraction of sp³-hybridized carbons (Fsp3) is 0.375. The van der Waals surface area contributed by atoms with Crippen molar-refractivity contribution in [2.75, 3.05) is 0 Å². The highest BCUT2D eigenvalue weighted by atomic mass is 19.1. The number of hydrogen-bond acceptors (Lipinski definition) is 0. The van der Waals surface area contributed by atoms with E-state index in [2.05, 4.69) is 13.2 Å². The maximum absolute atomic E-state index is 13.8. The van der Waals surface area contributed by atoms with Crippen LogP contribution < -0.4 is 0 Å². The number of halogens is 1. The van der Waals surface area contributed by atoms with E-state index in [0.717, 1.165) is 27.9 Å². The molecule has 0 atom stereocenters. The Balaban J connectivity index is 5.82. The quantitative estimate of drug-likeness (QED) is 0.538. The summed E-state index contributed by atoms with van der Waals surface area (Å²) in [5.41, 5.74) is 4.82. The summed E-state index contributed by atoms with van der Waals surface area (Å²) < 4.78 is 13.8. The smallest absolute Gasteiger partial charge is 0.126 e. The zero-order chi connectivity index (χ0) is 13.6. The lowest BCUT2D eigenvalue weighted by Gasteiger charge is -2.14. The highest BCUT2D eigenvalue weighted by molar-refractivity contribution is 5.51. The Bertz CT molecular complexity index is 399. The molecule has 0 N–H and O–H groups in total. The van der Waals surface area contributed by atoms with E-state index < -0.39 is 0 Å². The lowest BCUT2D eigenvalue weighted by atomic mass is 9.91. The maximum Gasteiger partial charge on any atom is 0.126 e. The van der Waals surface area contributed by atoms with Crippen LogP contribution in [0.1, 0.15) is 41.0 Å². The average Bonchev–Trinajstić information content (AvgIpc) is 2.22. The molecule has 0 aromatic rings. The summed E-state index contributed by atoms with van der Waals surface area (Å²) in [5.74, 6) is -0.238. The van der Waals surface area contributed by atoms with Crippen molar-refractivity contribution in [2.24, 2.45) is 0 Å². The minimum absolute atomic E-state index is 0.238. The number of rotatable bonds is 5. The molecule has 1 heteroatoms. The molecule has 0 aromatic carbocycles. The Kier molecular flexibility index (Phi) is 6.48. The van der Waals surface area contributed by atoms with Gasteiger partial charge in [-0.1, -0.05) is 37.3 Å². The fourth-order valence-electron chi connectivity index (χ4n) is 1.96. The first-order chi connectivity index (χ1) is 7.84. The molecule has 0 radical (unpaired) electrons. The van der Waals surface area contributed by atoms with Gasteiger partial charge in [0, 0.05) is 0 Å². The molecule has 17 heavy (non-hydrogen) atoms. The second-order valence-corrected chi connectivity index (χ2v) is 4.43. The van der Waals surface area contributed by atoms with Crippen molar-refractivity contribution in [2.45, 2.75) is 41.0 Å². The van der Waals surface area contributed by atoms with E-state index in [1.165, 1.54) is 6.08 Å². The van der Waals surface area contributed by atoms with Crippen molar-refractivity contribution in [1.29, 1.82) is 0 Å². The van der Waals surface area contributed by atoms with Crippen LogP contribution in [0.5, 0.6) is 0 Å². The second kappa shape index (κ2) is 7.05. The van der Waals surface area contributed by atoms with Crippen LogP contribution >= 0.6 is 0 Å². The molecular weight excluding hydrogens is 211 g/mol. The van der Waals surface area contributed by atoms with Gasteiger partial charge >= 0.3 is 0 Å². The molecule has 0 spiro atoms. The molecule has 0 nitrogen and oxygen atoms in total. The lowest BCUT2D eigenvalue weighted by molar-refractivity contribution is 0.651. The van der Waals surface area contributed by atoms with Gasteiger partial charge < -0.3 is 0 Å². The molecule has 0 saturated heterocycles. The van der Waals surface area contributed by atoms with Gasteiger partial charge in [-0.2, -0.15) is 0 Å². The number of hydrogen-bond donors (Lipinski definition) is 0. The van der Waals surface area contributed by atoms with Crippen LogP contribution in [0.25, 0.3) is 0 Å². The second-order valence-electron chi connectivity index (χ2n) is 4.43. The molecule has 0 aliphatic rings. The van der Waals surface area contributed by atoms with Crippen LogP contribution in [-0.4, -0.2) is 0 Å². The van der Waals surface area contributed by atoms with Crippen LogP contribution in [0.3, 0.4) is 0 Å². The predicted molar refractivity (Wildman–Crippen MR) is 75.6 cm³/mol. The largest absolute Gasteiger partial charge is 0.207 e. The first kappa shape index (κ1) is 15.6. The molecule has 94 valence electrons. The topological polar surface area (TPSA) is 0 Å². The van der Waals surface area contributed by atoms with E-state index in [9.17, 15) is 4.39 Å². The van der Waals surface area contributed by atoms with Crippen molar-refractivity contribution in [3.05, 3.63) is 59.0 Å². The predicted octanol–water partition coefficient (Wildman–Crippen LogP) is 5.66. The minimum atomic E-state index is -0.238. The van der Waals surface area contributed by atoms with Gasteiger partial charge in [0.2, 0.25) is 0 Å². The SMILES string of the molecule is C=C/C(F)=C(/CC)C(=C(C)C)/C(C)=C\C(=C)C. The van der Waals surface area contributed by atoms with Crippen LogP contribution in [0.15, 0.2) is 59.0 Å². The Labute approximate surface area is 105 Å². The molecule has 0 heterocycles. The maximum atomic E-state index is 13.8. The highest BCUT2D eigenvalue weighted by Crippen LogP contribution is 2.29. The molecular formula is C16H23F. The standard InChI is InChI=1S/C16H23F/c1-8-14(15(17)9-2)16(12(5)6)13(7)10-11(3)4/h9-10H,2-3,8H2,1,4-7H3/b13-10-,15-14+. The fourth-order valence-corrected chi connectivity index (χ4v) is 1.96. The van der Waals surface area contributed by atoms with E-state index in [4.69, 9.17) is 0 Å². The molecule has 0 bridgehead atoms. The summed E-state index contributed by atoms with van der Waals surface area (Å²) in [7, 11) is 0. The Morgan fingerprint density at radius 2 is 1.71 bits per heavy atom. The van der Waals surface area contributed by atoms with Crippen molar-refractivity contribution < 1.29 is 4.39 Å². The molecule has 0 saturated carbocycles. The van der Waals surface area contributed by atoms with Gasteiger partial charge in [0.05, 0.1) is 0 Å². The van der Waals surface area contributed by atoms with Crippen molar-refractivity contribution in [3.63, 3.8) is 0 Å². The van der Waals surface area contributed by atoms with Gasteiger partial charge in [-0.25, -0.2) is 4.39 Å². The van der Waals surface area contributed by atoms with Crippen LogP contribution in [0.2, 0.25) is 0 Å². The van der Waals surface area contributed by atoms with E-state index in [1.807, 2.05) is 40.7 Å². The molecule has 0 unspecified atom stereocenters. The van der Waals surface area contributed by atoms with Crippen molar-refractivity contribution in [1.82, 2.24) is 0 Å². The zero-order valence-corrected chi connectivity index (χ0v) is 11.7. The summed E-state index contributed by atoms with van der Waals surface area (Å²) in [6, 6.07) is 0. The van der Waals surface area contributed by atoms with Gasteiger partial charge in [0.15, 0.2) is 0 Å². The van der Waals surface area contributed by atoms with E-state index in [1.54, 1.807) is 0 Å². The molecule has 0 amide bonds. The Morgan fingerprint density at radius 1 is 1.18 bits per heavy atom. The zero-order valence-electron chi connectivity index (χ0n) is 11.7. The van der Waals surface area contributed by atoms with E-state index >= 15 is 0 Å². The van der Waals surface area contributed by atoms with Gasteiger partial charge in [-0.15, -0.1) is 0 Å². The summed E-state index contributed by atoms with van der Waals surface area (Å²) >= 11 is 0. The summed E-state index contributed by atoms with van der Waals surface area (Å²) in [5, 5.41) is 0. The van der Waals surface area contributed by atoms with Crippen molar-refractivity contribution in [3.8, 4) is 0 Å². The Morgan fingerprint density at radius 3 is 2.00 bits per heavy atom. The van der Waals surface area contributed by atoms with Crippen LogP contribution in [-0.2, 0) is 0 Å². The summed E-state index contributed by atoms with van der Waals surface area (Å²) in [4.78, 5) is 0. The third-order valence-corrected chi connectivity index (χ3v) is 2.48. The van der Waals surface area contributed by atoms with Crippen LogP contribution in [0.4, 0.5) is 4.39 Å². The van der Waals surface area contributed by atoms with E-state index in [-0.39, 0.29) is 5.83 Å². The third kappa shape index (κ3) is 4.56. The average molecular weight is 234 g/mol. The van der Waals surface area contributed by atoms with Crippen LogP contribution in [0, 0.1) is 0 Å². The molecule has 0 fully saturated rings. The van der Waals surface area contributed by atoms with Gasteiger partial charge in [0.1, 0.15) is 5.83 Å². The molecule has 0 aliphatic carbocycles. The van der Waals surface area contributed by atoms with Crippen molar-refractivity contribution >= 4 is 0 Å². The first-order valence-electron chi connectivity index (χ1n) is 5.88. The van der Waals surface area contributed by atoms with Gasteiger partial charge in [-0.05, 0) is 56.9 Å². The monoisotopic (exact) mass is 234 g/mol. The number of allylic oxidation sites excluding steroid dienone is 8. The third-order valence-electron chi connectivity index (χ3n) is 2.48. The Hall–Kier alpha value is -1.37. The normalized spacial score (nSPS) is 12.9.